The molecule has 6 heteroatoms. The van der Waals surface area contributed by atoms with E-state index in [-0.39, 0.29) is 11.8 Å². The van der Waals surface area contributed by atoms with Gasteiger partial charge in [-0.3, -0.25) is 9.59 Å². The minimum absolute atomic E-state index is 0.0246. The molecule has 0 bridgehead atoms. The molecule has 0 spiro atoms. The number of anilines is 1. The van der Waals surface area contributed by atoms with E-state index in [1.54, 1.807) is 11.8 Å². The van der Waals surface area contributed by atoms with Crippen molar-refractivity contribution in [2.75, 3.05) is 31.2 Å². The molecule has 2 aliphatic heterocycles. The first-order valence-corrected chi connectivity index (χ1v) is 10.6. The highest BCUT2D eigenvalue weighted by molar-refractivity contribution is 5.98. The Morgan fingerprint density at radius 1 is 0.900 bits per heavy atom. The van der Waals surface area contributed by atoms with E-state index >= 15 is 0 Å². The molecule has 0 unspecified atom stereocenters. The predicted molar refractivity (Wildman–Crippen MR) is 115 cm³/mol. The second kappa shape index (κ2) is 8.38. The fraction of sp³-hybridized carbons (Fsp3) is 0.417. The molecule has 0 fully saturated rings. The summed E-state index contributed by atoms with van der Waals surface area (Å²) in [5, 5.41) is 0. The Morgan fingerprint density at radius 3 is 2.23 bits per heavy atom. The summed E-state index contributed by atoms with van der Waals surface area (Å²) in [5.74, 6) is 1.56. The van der Waals surface area contributed by atoms with E-state index in [1.807, 2.05) is 43.0 Å². The maximum Gasteiger partial charge on any atom is 0.254 e. The maximum atomic E-state index is 13.2. The van der Waals surface area contributed by atoms with Gasteiger partial charge in [-0.05, 0) is 73.7 Å². The topological polar surface area (TPSA) is 59.1 Å². The number of amides is 2. The highest BCUT2D eigenvalue weighted by atomic mass is 16.5. The third-order valence-corrected chi connectivity index (χ3v) is 5.77. The van der Waals surface area contributed by atoms with Gasteiger partial charge in [0.25, 0.3) is 5.91 Å². The summed E-state index contributed by atoms with van der Waals surface area (Å²) in [6, 6.07) is 9.74. The van der Waals surface area contributed by atoms with Crippen molar-refractivity contribution in [3.8, 4) is 11.5 Å². The monoisotopic (exact) mass is 408 g/mol. The summed E-state index contributed by atoms with van der Waals surface area (Å²) in [5.41, 5.74) is 4.97. The lowest BCUT2D eigenvalue weighted by atomic mass is 9.97. The van der Waals surface area contributed by atoms with E-state index in [9.17, 15) is 9.59 Å². The molecular formula is C24H28N2O4. The first-order valence-electron chi connectivity index (χ1n) is 10.6. The van der Waals surface area contributed by atoms with E-state index in [1.165, 1.54) is 5.56 Å². The van der Waals surface area contributed by atoms with Gasteiger partial charge in [-0.1, -0.05) is 0 Å². The zero-order valence-electron chi connectivity index (χ0n) is 17.9. The maximum absolute atomic E-state index is 13.2. The number of carbonyl (C=O) groups is 2. The van der Waals surface area contributed by atoms with Crippen LogP contribution in [0, 0.1) is 0 Å². The van der Waals surface area contributed by atoms with E-state index in [4.69, 9.17) is 9.47 Å². The fourth-order valence-electron chi connectivity index (χ4n) is 4.32. The molecule has 2 aromatic carbocycles. The van der Waals surface area contributed by atoms with Crippen molar-refractivity contribution in [3.63, 3.8) is 0 Å². The van der Waals surface area contributed by atoms with Crippen LogP contribution in [0.5, 0.6) is 11.5 Å². The number of hydrogen-bond acceptors (Lipinski definition) is 4. The quantitative estimate of drug-likeness (QED) is 0.759. The standard InChI is InChI=1S/C24H28N2O4/c1-4-29-22-13-17-8-10-25(15-20(17)14-23(22)30-5-2)24(28)19-6-7-21-18(12-19)9-11-26(21)16(3)27/h6-7,12-14H,4-5,8-11,15H2,1-3H3. The Kier molecular flexibility index (Phi) is 5.66. The lowest BCUT2D eigenvalue weighted by Gasteiger charge is -2.30. The molecule has 2 heterocycles. The van der Waals surface area contributed by atoms with Gasteiger partial charge in [0.2, 0.25) is 5.91 Å². The second-order valence-electron chi connectivity index (χ2n) is 7.67. The molecule has 0 N–H and O–H groups in total. The van der Waals surface area contributed by atoms with Crippen LogP contribution in [0.3, 0.4) is 0 Å². The Labute approximate surface area is 177 Å². The van der Waals surface area contributed by atoms with Crippen LogP contribution in [0.4, 0.5) is 5.69 Å². The normalized spacial score (nSPS) is 14.9. The van der Waals surface area contributed by atoms with Gasteiger partial charge in [0.15, 0.2) is 11.5 Å². The van der Waals surface area contributed by atoms with Crippen molar-refractivity contribution < 1.29 is 19.1 Å². The molecule has 0 radical (unpaired) electrons. The van der Waals surface area contributed by atoms with E-state index < -0.39 is 0 Å². The van der Waals surface area contributed by atoms with Crippen LogP contribution in [0.2, 0.25) is 0 Å². The molecule has 6 nitrogen and oxygen atoms in total. The van der Waals surface area contributed by atoms with Crippen molar-refractivity contribution in [1.82, 2.24) is 4.90 Å². The SMILES string of the molecule is CCOc1cc2c(cc1OCC)CN(C(=O)c1ccc3c(c1)CCN3C(C)=O)CC2. The fourth-order valence-corrected chi connectivity index (χ4v) is 4.32. The number of benzene rings is 2. The van der Waals surface area contributed by atoms with Crippen LogP contribution >= 0.6 is 0 Å². The van der Waals surface area contributed by atoms with Crippen LogP contribution in [0.15, 0.2) is 30.3 Å². The molecular weight excluding hydrogens is 380 g/mol. The third-order valence-electron chi connectivity index (χ3n) is 5.77. The first-order chi connectivity index (χ1) is 14.5. The van der Waals surface area contributed by atoms with E-state index in [2.05, 4.69) is 6.07 Å². The Bertz CT molecular complexity index is 985. The number of ether oxygens (including phenoxy) is 2. The highest BCUT2D eigenvalue weighted by Gasteiger charge is 2.27. The number of nitrogens with zero attached hydrogens (tertiary/aromatic N) is 2. The largest absolute Gasteiger partial charge is 0.490 e. The molecule has 0 atom stereocenters. The minimum atomic E-state index is 0.0246. The average Bonchev–Trinajstić information content (AvgIpc) is 3.17. The van der Waals surface area contributed by atoms with Gasteiger partial charge >= 0.3 is 0 Å². The Hall–Kier alpha value is -3.02. The van der Waals surface area contributed by atoms with Crippen LogP contribution in [0.1, 0.15) is 47.8 Å². The minimum Gasteiger partial charge on any atom is -0.490 e. The summed E-state index contributed by atoms with van der Waals surface area (Å²) in [6.07, 6.45) is 1.58. The zero-order chi connectivity index (χ0) is 21.3. The smallest absolute Gasteiger partial charge is 0.254 e. The van der Waals surface area contributed by atoms with Gasteiger partial charge in [-0.15, -0.1) is 0 Å². The van der Waals surface area contributed by atoms with Crippen molar-refractivity contribution >= 4 is 17.5 Å². The molecule has 2 aromatic rings. The molecule has 158 valence electrons. The summed E-state index contributed by atoms with van der Waals surface area (Å²) in [7, 11) is 0. The van der Waals surface area contributed by atoms with Crippen LogP contribution in [-0.4, -0.2) is 43.0 Å². The molecule has 4 rings (SSSR count). The van der Waals surface area contributed by atoms with Crippen LogP contribution < -0.4 is 14.4 Å². The van der Waals surface area contributed by atoms with E-state index in [0.717, 1.165) is 41.2 Å². The number of hydrogen-bond donors (Lipinski definition) is 0. The zero-order valence-corrected chi connectivity index (χ0v) is 17.9. The number of rotatable bonds is 5. The highest BCUT2D eigenvalue weighted by Crippen LogP contribution is 2.35. The van der Waals surface area contributed by atoms with Crippen LogP contribution in [-0.2, 0) is 24.2 Å². The van der Waals surface area contributed by atoms with Gasteiger partial charge in [0, 0.05) is 37.8 Å². The van der Waals surface area contributed by atoms with Crippen molar-refractivity contribution in [3.05, 3.63) is 52.6 Å². The number of fused-ring (bicyclic) bond motifs is 2. The van der Waals surface area contributed by atoms with Crippen molar-refractivity contribution in [2.45, 2.75) is 40.2 Å². The summed E-state index contributed by atoms with van der Waals surface area (Å²) < 4.78 is 11.5. The Morgan fingerprint density at radius 2 is 1.57 bits per heavy atom. The number of carbonyl (C=O) groups excluding carboxylic acids is 2. The van der Waals surface area contributed by atoms with Gasteiger partial charge in [0.05, 0.1) is 13.2 Å². The lowest BCUT2D eigenvalue weighted by Crippen LogP contribution is -2.36. The van der Waals surface area contributed by atoms with Gasteiger partial charge in [-0.2, -0.15) is 0 Å². The first kappa shape index (κ1) is 20.3. The average molecular weight is 408 g/mol. The lowest BCUT2D eigenvalue weighted by molar-refractivity contribution is -0.116. The van der Waals surface area contributed by atoms with Gasteiger partial charge in [-0.25, -0.2) is 0 Å². The molecule has 0 aromatic heterocycles. The second-order valence-corrected chi connectivity index (χ2v) is 7.67. The van der Waals surface area contributed by atoms with Crippen molar-refractivity contribution in [2.24, 2.45) is 0 Å². The molecule has 2 aliphatic rings. The summed E-state index contributed by atoms with van der Waals surface area (Å²) in [6.45, 7) is 8.54. The molecule has 2 amide bonds. The predicted octanol–water partition coefficient (Wildman–Crippen LogP) is 3.59. The molecule has 30 heavy (non-hydrogen) atoms. The van der Waals surface area contributed by atoms with Gasteiger partial charge in [0.1, 0.15) is 0 Å². The van der Waals surface area contributed by atoms with E-state index in [0.29, 0.717) is 38.4 Å². The third kappa shape index (κ3) is 3.74. The summed E-state index contributed by atoms with van der Waals surface area (Å²) in [4.78, 5) is 28.6. The van der Waals surface area contributed by atoms with Crippen molar-refractivity contribution in [1.29, 1.82) is 0 Å². The van der Waals surface area contributed by atoms with Crippen LogP contribution in [0.25, 0.3) is 0 Å². The molecule has 0 aliphatic carbocycles. The molecule has 0 saturated heterocycles. The summed E-state index contributed by atoms with van der Waals surface area (Å²) >= 11 is 0. The molecule has 0 saturated carbocycles. The van der Waals surface area contributed by atoms with Gasteiger partial charge < -0.3 is 19.3 Å². The Balaban J connectivity index is 1.55.